The van der Waals surface area contributed by atoms with Gasteiger partial charge in [0.1, 0.15) is 0 Å². The molecule has 4 rings (SSSR count). The van der Waals surface area contributed by atoms with Crippen molar-refractivity contribution in [2.45, 2.75) is 59.2 Å². The van der Waals surface area contributed by atoms with Crippen molar-refractivity contribution in [2.75, 3.05) is 26.2 Å². The van der Waals surface area contributed by atoms with Crippen molar-refractivity contribution in [1.82, 2.24) is 9.80 Å². The van der Waals surface area contributed by atoms with E-state index in [1.54, 1.807) is 0 Å². The number of aryl methyl sites for hydroxylation is 2. The number of aliphatic hydroxyl groups is 1. The summed E-state index contributed by atoms with van der Waals surface area (Å²) in [6.45, 7) is 13.3. The average molecular weight is 435 g/mol. The molecule has 31 heavy (non-hydrogen) atoms. The third-order valence-electron chi connectivity index (χ3n) is 7.06. The summed E-state index contributed by atoms with van der Waals surface area (Å²) in [4.78, 5) is 21.9. The largest absolute Gasteiger partial charge is 0.483 e. The number of likely N-dealkylation sites (tertiary alicyclic amines) is 2. The van der Waals surface area contributed by atoms with E-state index in [0.29, 0.717) is 5.92 Å². The minimum absolute atomic E-state index is 0.0360. The van der Waals surface area contributed by atoms with Gasteiger partial charge in [-0.05, 0) is 80.3 Å². The van der Waals surface area contributed by atoms with Gasteiger partial charge in [0.05, 0.1) is 6.10 Å². The molecule has 2 heterocycles. The molecule has 1 aromatic carbocycles. The van der Waals surface area contributed by atoms with E-state index in [1.165, 1.54) is 54.7 Å². The molecule has 0 unspecified atom stereocenters. The van der Waals surface area contributed by atoms with E-state index in [0.717, 1.165) is 37.9 Å². The van der Waals surface area contributed by atoms with Crippen LogP contribution >= 0.6 is 0 Å². The molecule has 174 valence electrons. The number of benzene rings is 1. The summed E-state index contributed by atoms with van der Waals surface area (Å²) in [5.41, 5.74) is 5.87. The van der Waals surface area contributed by atoms with Gasteiger partial charge in [0.25, 0.3) is 12.9 Å². The Balaban J connectivity index is 0.000000513. The van der Waals surface area contributed by atoms with Crippen LogP contribution < -0.4 is 0 Å². The molecule has 2 aliphatic heterocycles. The fraction of sp³-hybridized carbons (Fsp3) is 0.667. The Bertz CT molecular complexity index is 712. The van der Waals surface area contributed by atoms with Crippen LogP contribution in [0.5, 0.6) is 0 Å². The standard InChI is InChI=1S/C22H34N2O.2CH2O2/c1-15-4-6-23(7-5-15)11-18-9-19(17(3)8-16(18)2)12-24-13-20-10-22(25)21(20)14-24;2*2-1-3/h8-9,15,20-22,25H,4-7,10-14H2,1-3H3;2*1H,(H,2,3)/t20-,21+,22-;;/m1../s1. The Morgan fingerprint density at radius 1 is 0.935 bits per heavy atom. The van der Waals surface area contributed by atoms with E-state index in [2.05, 4.69) is 42.7 Å². The van der Waals surface area contributed by atoms with Crippen molar-refractivity contribution >= 4 is 12.9 Å². The molecule has 0 amide bonds. The van der Waals surface area contributed by atoms with E-state index >= 15 is 0 Å². The van der Waals surface area contributed by atoms with Crippen LogP contribution in [-0.4, -0.2) is 70.3 Å². The lowest BCUT2D eigenvalue weighted by molar-refractivity contribution is -0.123. The van der Waals surface area contributed by atoms with E-state index in [1.807, 2.05) is 0 Å². The van der Waals surface area contributed by atoms with Crippen LogP contribution in [0.1, 0.15) is 48.4 Å². The van der Waals surface area contributed by atoms with Gasteiger partial charge in [0, 0.05) is 32.1 Å². The maximum Gasteiger partial charge on any atom is 0.290 e. The number of hydrogen-bond donors (Lipinski definition) is 3. The normalized spacial score (nSPS) is 25.9. The summed E-state index contributed by atoms with van der Waals surface area (Å²) in [6, 6.07) is 4.86. The minimum atomic E-state index is -0.250. The maximum absolute atomic E-state index is 9.91. The lowest BCUT2D eigenvalue weighted by Crippen LogP contribution is -2.39. The number of aliphatic hydroxyl groups excluding tert-OH is 1. The molecular weight excluding hydrogens is 396 g/mol. The van der Waals surface area contributed by atoms with E-state index in [4.69, 9.17) is 19.8 Å². The molecule has 0 bridgehead atoms. The smallest absolute Gasteiger partial charge is 0.290 e. The van der Waals surface area contributed by atoms with Crippen LogP contribution in [0.2, 0.25) is 0 Å². The number of carboxylic acid groups (broad SMARTS) is 2. The molecule has 3 atom stereocenters. The summed E-state index contributed by atoms with van der Waals surface area (Å²) in [5, 5.41) is 23.7. The second-order valence-corrected chi connectivity index (χ2v) is 9.30. The molecule has 3 aliphatic rings. The predicted molar refractivity (Wildman–Crippen MR) is 120 cm³/mol. The van der Waals surface area contributed by atoms with Gasteiger partial charge in [-0.15, -0.1) is 0 Å². The predicted octanol–water partition coefficient (Wildman–Crippen LogP) is 2.75. The SMILES string of the molecule is Cc1cc(C)c(CN2C[C@H]3C[C@@H](O)[C@H]3C2)cc1CN1CCC(C)CC1.O=CO.O=CO. The summed E-state index contributed by atoms with van der Waals surface area (Å²) >= 11 is 0. The first-order valence-electron chi connectivity index (χ1n) is 11.2. The molecule has 0 spiro atoms. The van der Waals surface area contributed by atoms with Crippen molar-refractivity contribution in [3.05, 3.63) is 34.4 Å². The van der Waals surface area contributed by atoms with Crippen LogP contribution in [0.25, 0.3) is 0 Å². The van der Waals surface area contributed by atoms with Crippen LogP contribution in [-0.2, 0) is 22.7 Å². The molecule has 1 saturated carbocycles. The Morgan fingerprint density at radius 2 is 1.45 bits per heavy atom. The topological polar surface area (TPSA) is 101 Å². The highest BCUT2D eigenvalue weighted by Gasteiger charge is 2.45. The van der Waals surface area contributed by atoms with Gasteiger partial charge >= 0.3 is 0 Å². The Hall–Kier alpha value is -1.96. The van der Waals surface area contributed by atoms with Gasteiger partial charge in [-0.3, -0.25) is 19.4 Å². The summed E-state index contributed by atoms with van der Waals surface area (Å²) in [6.07, 6.45) is 3.67. The number of hydrogen-bond acceptors (Lipinski definition) is 5. The molecule has 1 aromatic rings. The molecule has 3 N–H and O–H groups in total. The lowest BCUT2D eigenvalue weighted by atomic mass is 9.74. The molecule has 1 aliphatic carbocycles. The number of rotatable bonds is 4. The quantitative estimate of drug-likeness (QED) is 0.627. The summed E-state index contributed by atoms with van der Waals surface area (Å²) in [5.74, 6) is 2.18. The number of fused-ring (bicyclic) bond motifs is 1. The van der Waals surface area contributed by atoms with Gasteiger partial charge in [-0.2, -0.15) is 0 Å². The fourth-order valence-corrected chi connectivity index (χ4v) is 5.08. The van der Waals surface area contributed by atoms with Gasteiger partial charge < -0.3 is 15.3 Å². The second kappa shape index (κ2) is 12.2. The van der Waals surface area contributed by atoms with Gasteiger partial charge in [-0.1, -0.05) is 19.1 Å². The van der Waals surface area contributed by atoms with E-state index in [9.17, 15) is 5.11 Å². The first-order valence-corrected chi connectivity index (χ1v) is 11.2. The minimum Gasteiger partial charge on any atom is -0.483 e. The highest BCUT2D eigenvalue weighted by atomic mass is 16.3. The second-order valence-electron chi connectivity index (χ2n) is 9.30. The monoisotopic (exact) mass is 434 g/mol. The number of nitrogens with zero attached hydrogens (tertiary/aromatic N) is 2. The summed E-state index contributed by atoms with van der Waals surface area (Å²) < 4.78 is 0. The zero-order valence-corrected chi connectivity index (χ0v) is 19.0. The molecule has 7 nitrogen and oxygen atoms in total. The molecule has 3 fully saturated rings. The van der Waals surface area contributed by atoms with E-state index in [-0.39, 0.29) is 19.0 Å². The first kappa shape index (κ1) is 25.3. The molecular formula is C24H38N2O5. The molecule has 0 aromatic heterocycles. The third-order valence-corrected chi connectivity index (χ3v) is 7.06. The molecule has 0 radical (unpaired) electrons. The average Bonchev–Trinajstić information content (AvgIpc) is 3.04. The first-order chi connectivity index (χ1) is 14.8. The molecule has 2 saturated heterocycles. The third kappa shape index (κ3) is 7.02. The van der Waals surface area contributed by atoms with E-state index < -0.39 is 0 Å². The summed E-state index contributed by atoms with van der Waals surface area (Å²) in [7, 11) is 0. The van der Waals surface area contributed by atoms with Crippen LogP contribution in [0.3, 0.4) is 0 Å². The highest BCUT2D eigenvalue weighted by molar-refractivity contribution is 5.37. The van der Waals surface area contributed by atoms with Crippen molar-refractivity contribution in [3.8, 4) is 0 Å². The number of piperidine rings is 1. The Labute approximate surface area is 185 Å². The van der Waals surface area contributed by atoms with Crippen LogP contribution in [0.15, 0.2) is 12.1 Å². The zero-order valence-electron chi connectivity index (χ0n) is 19.0. The zero-order chi connectivity index (χ0) is 23.0. The maximum atomic E-state index is 9.91. The van der Waals surface area contributed by atoms with Crippen molar-refractivity contribution in [2.24, 2.45) is 17.8 Å². The lowest BCUT2D eigenvalue weighted by Gasteiger charge is -2.35. The Morgan fingerprint density at radius 3 is 1.94 bits per heavy atom. The van der Waals surface area contributed by atoms with Crippen molar-refractivity contribution in [1.29, 1.82) is 0 Å². The fourth-order valence-electron chi connectivity index (χ4n) is 5.08. The van der Waals surface area contributed by atoms with Gasteiger partial charge in [0.15, 0.2) is 0 Å². The van der Waals surface area contributed by atoms with Crippen LogP contribution in [0, 0.1) is 31.6 Å². The van der Waals surface area contributed by atoms with Crippen molar-refractivity contribution in [3.63, 3.8) is 0 Å². The van der Waals surface area contributed by atoms with Gasteiger partial charge in [-0.25, -0.2) is 0 Å². The number of carbonyl (C=O) groups is 2. The Kier molecular flexibility index (Phi) is 9.93. The van der Waals surface area contributed by atoms with Gasteiger partial charge in [0.2, 0.25) is 0 Å². The van der Waals surface area contributed by atoms with Crippen molar-refractivity contribution < 1.29 is 24.9 Å². The highest BCUT2D eigenvalue weighted by Crippen LogP contribution is 2.41. The molecule has 7 heteroatoms. The van der Waals surface area contributed by atoms with Crippen LogP contribution in [0.4, 0.5) is 0 Å².